The zero-order valence-corrected chi connectivity index (χ0v) is 22.7. The van der Waals surface area contributed by atoms with Crippen molar-refractivity contribution in [2.24, 2.45) is 11.8 Å². The molecule has 0 aliphatic carbocycles. The fourth-order valence-corrected chi connectivity index (χ4v) is 4.41. The van der Waals surface area contributed by atoms with Crippen molar-refractivity contribution in [2.75, 3.05) is 6.61 Å². The Balaban J connectivity index is 3.31. The smallest absolute Gasteiger partial charge is 0.308 e. The topological polar surface area (TPSA) is 26.3 Å². The van der Waals surface area contributed by atoms with Crippen molar-refractivity contribution in [3.63, 3.8) is 0 Å². The molecule has 0 heterocycles. The van der Waals surface area contributed by atoms with Gasteiger partial charge < -0.3 is 4.74 Å². The van der Waals surface area contributed by atoms with Gasteiger partial charge in [0.15, 0.2) is 0 Å². The number of hydrogen-bond acceptors (Lipinski definition) is 2. The summed E-state index contributed by atoms with van der Waals surface area (Å²) in [6.07, 6.45) is 29.1. The Morgan fingerprint density at radius 2 is 0.969 bits per heavy atom. The molecule has 0 radical (unpaired) electrons. The SMILES string of the molecule is CCCCCCCCCCCCCCCCOC(=O)C(C)CCCCCCCC(C)CC. The van der Waals surface area contributed by atoms with Crippen LogP contribution in [0.1, 0.15) is 169 Å². The predicted molar refractivity (Wildman–Crippen MR) is 142 cm³/mol. The second-order valence-electron chi connectivity index (χ2n) is 10.5. The summed E-state index contributed by atoms with van der Waals surface area (Å²) < 4.78 is 5.51. The van der Waals surface area contributed by atoms with Gasteiger partial charge in [-0.05, 0) is 18.8 Å². The Bertz CT molecular complexity index is 379. The Kier molecular flexibility index (Phi) is 24.7. The molecule has 0 bridgehead atoms. The summed E-state index contributed by atoms with van der Waals surface area (Å²) in [5, 5.41) is 0. The summed E-state index contributed by atoms with van der Waals surface area (Å²) in [5.41, 5.74) is 0. The summed E-state index contributed by atoms with van der Waals surface area (Å²) in [6.45, 7) is 9.58. The third-order valence-corrected chi connectivity index (χ3v) is 7.18. The largest absolute Gasteiger partial charge is 0.465 e. The first kappa shape index (κ1) is 31.5. The highest BCUT2D eigenvalue weighted by Gasteiger charge is 2.13. The van der Waals surface area contributed by atoms with Crippen LogP contribution in [0.25, 0.3) is 0 Å². The van der Waals surface area contributed by atoms with Gasteiger partial charge in [-0.25, -0.2) is 0 Å². The number of carbonyl (C=O) groups is 1. The number of rotatable bonds is 25. The summed E-state index contributed by atoms with van der Waals surface area (Å²) in [4.78, 5) is 12.1. The standard InChI is InChI=1S/C30H60O2/c1-5-7-8-9-10-11-12-13-14-15-16-17-21-24-27-32-30(31)29(4)26-23-20-18-19-22-25-28(3)6-2/h28-29H,5-27H2,1-4H3. The van der Waals surface area contributed by atoms with Crippen LogP contribution in [0.2, 0.25) is 0 Å². The van der Waals surface area contributed by atoms with Crippen LogP contribution in [0.4, 0.5) is 0 Å². The van der Waals surface area contributed by atoms with Crippen LogP contribution in [0.15, 0.2) is 0 Å². The van der Waals surface area contributed by atoms with Crippen LogP contribution >= 0.6 is 0 Å². The van der Waals surface area contributed by atoms with E-state index >= 15 is 0 Å². The lowest BCUT2D eigenvalue weighted by molar-refractivity contribution is -0.148. The molecule has 0 rings (SSSR count). The van der Waals surface area contributed by atoms with Crippen LogP contribution in [-0.2, 0) is 9.53 Å². The quantitative estimate of drug-likeness (QED) is 0.102. The van der Waals surface area contributed by atoms with Gasteiger partial charge in [0.05, 0.1) is 12.5 Å². The van der Waals surface area contributed by atoms with Crippen LogP contribution in [0.3, 0.4) is 0 Å². The molecule has 0 aliphatic rings. The second kappa shape index (κ2) is 25.1. The molecule has 192 valence electrons. The van der Waals surface area contributed by atoms with E-state index in [9.17, 15) is 4.79 Å². The first-order chi connectivity index (χ1) is 15.6. The Labute approximate surface area is 203 Å². The van der Waals surface area contributed by atoms with E-state index in [4.69, 9.17) is 4.74 Å². The van der Waals surface area contributed by atoms with E-state index in [2.05, 4.69) is 20.8 Å². The zero-order valence-electron chi connectivity index (χ0n) is 22.7. The van der Waals surface area contributed by atoms with E-state index < -0.39 is 0 Å². The minimum absolute atomic E-state index is 0.0245. The number of unbranched alkanes of at least 4 members (excludes halogenated alkanes) is 17. The van der Waals surface area contributed by atoms with E-state index in [1.807, 2.05) is 6.92 Å². The maximum atomic E-state index is 12.1. The van der Waals surface area contributed by atoms with Crippen molar-refractivity contribution in [1.82, 2.24) is 0 Å². The molecule has 2 heteroatoms. The predicted octanol–water partition coefficient (Wildman–Crippen LogP) is 10.4. The summed E-state index contributed by atoms with van der Waals surface area (Å²) in [5.74, 6) is 0.975. The highest BCUT2D eigenvalue weighted by atomic mass is 16.5. The first-order valence-corrected chi connectivity index (χ1v) is 14.8. The Hall–Kier alpha value is -0.530. The van der Waals surface area contributed by atoms with Crippen molar-refractivity contribution in [2.45, 2.75) is 169 Å². The minimum Gasteiger partial charge on any atom is -0.465 e. The second-order valence-corrected chi connectivity index (χ2v) is 10.5. The average Bonchev–Trinajstić information content (AvgIpc) is 2.80. The fraction of sp³-hybridized carbons (Fsp3) is 0.967. The third kappa shape index (κ3) is 22.7. The molecule has 0 N–H and O–H groups in total. The van der Waals surface area contributed by atoms with Gasteiger partial charge in [-0.15, -0.1) is 0 Å². The van der Waals surface area contributed by atoms with Crippen LogP contribution in [-0.4, -0.2) is 12.6 Å². The molecule has 2 unspecified atom stereocenters. The van der Waals surface area contributed by atoms with Crippen LogP contribution in [0.5, 0.6) is 0 Å². The molecule has 2 nitrogen and oxygen atoms in total. The molecule has 0 saturated heterocycles. The summed E-state index contributed by atoms with van der Waals surface area (Å²) >= 11 is 0. The number of ether oxygens (including phenoxy) is 1. The number of esters is 1. The maximum absolute atomic E-state index is 12.1. The van der Waals surface area contributed by atoms with Gasteiger partial charge in [-0.3, -0.25) is 4.79 Å². The summed E-state index contributed by atoms with van der Waals surface area (Å²) in [6, 6.07) is 0. The fourth-order valence-electron chi connectivity index (χ4n) is 4.41. The van der Waals surface area contributed by atoms with E-state index in [1.54, 1.807) is 0 Å². The Morgan fingerprint density at radius 3 is 1.44 bits per heavy atom. The monoisotopic (exact) mass is 452 g/mol. The van der Waals surface area contributed by atoms with Gasteiger partial charge in [-0.1, -0.05) is 156 Å². The molecule has 0 amide bonds. The Morgan fingerprint density at radius 1 is 0.562 bits per heavy atom. The van der Waals surface area contributed by atoms with E-state index in [-0.39, 0.29) is 11.9 Å². The molecule has 0 saturated carbocycles. The molecular weight excluding hydrogens is 392 g/mol. The lowest BCUT2D eigenvalue weighted by atomic mass is 9.98. The molecule has 0 aromatic rings. The summed E-state index contributed by atoms with van der Waals surface area (Å²) in [7, 11) is 0. The molecule has 0 spiro atoms. The molecule has 0 aromatic carbocycles. The average molecular weight is 453 g/mol. The molecule has 0 fully saturated rings. The van der Waals surface area contributed by atoms with Gasteiger partial charge >= 0.3 is 5.97 Å². The van der Waals surface area contributed by atoms with E-state index in [0.717, 1.165) is 18.8 Å². The lowest BCUT2D eigenvalue weighted by Gasteiger charge is -2.11. The third-order valence-electron chi connectivity index (χ3n) is 7.18. The van der Waals surface area contributed by atoms with Gasteiger partial charge in [0.2, 0.25) is 0 Å². The van der Waals surface area contributed by atoms with Crippen molar-refractivity contribution < 1.29 is 9.53 Å². The normalized spacial score (nSPS) is 13.2. The van der Waals surface area contributed by atoms with E-state index in [0.29, 0.717) is 6.61 Å². The zero-order chi connectivity index (χ0) is 23.7. The van der Waals surface area contributed by atoms with Crippen LogP contribution < -0.4 is 0 Å². The maximum Gasteiger partial charge on any atom is 0.308 e. The van der Waals surface area contributed by atoms with Gasteiger partial charge in [0.1, 0.15) is 0 Å². The first-order valence-electron chi connectivity index (χ1n) is 14.8. The molecular formula is C30H60O2. The van der Waals surface area contributed by atoms with Gasteiger partial charge in [-0.2, -0.15) is 0 Å². The van der Waals surface area contributed by atoms with Crippen molar-refractivity contribution >= 4 is 5.97 Å². The molecule has 0 aromatic heterocycles. The van der Waals surface area contributed by atoms with Crippen molar-refractivity contribution in [3.05, 3.63) is 0 Å². The van der Waals surface area contributed by atoms with Crippen LogP contribution in [0, 0.1) is 11.8 Å². The molecule has 2 atom stereocenters. The van der Waals surface area contributed by atoms with Crippen molar-refractivity contribution in [3.8, 4) is 0 Å². The van der Waals surface area contributed by atoms with E-state index in [1.165, 1.54) is 128 Å². The number of carbonyl (C=O) groups excluding carboxylic acids is 1. The number of hydrogen-bond donors (Lipinski definition) is 0. The van der Waals surface area contributed by atoms with Gasteiger partial charge in [0.25, 0.3) is 0 Å². The lowest BCUT2D eigenvalue weighted by Crippen LogP contribution is -2.15. The highest BCUT2D eigenvalue weighted by molar-refractivity contribution is 5.71. The van der Waals surface area contributed by atoms with Crippen molar-refractivity contribution in [1.29, 1.82) is 0 Å². The molecule has 0 aliphatic heterocycles. The minimum atomic E-state index is 0.0245. The molecule has 32 heavy (non-hydrogen) atoms. The highest BCUT2D eigenvalue weighted by Crippen LogP contribution is 2.17. The van der Waals surface area contributed by atoms with Gasteiger partial charge in [0, 0.05) is 0 Å².